The van der Waals surface area contributed by atoms with Crippen LogP contribution >= 0.6 is 11.6 Å². The maximum Gasteiger partial charge on any atom is 0.310 e. The van der Waals surface area contributed by atoms with Crippen LogP contribution in [0, 0.1) is 13.8 Å². The number of rotatable bonds is 4. The first-order valence-corrected chi connectivity index (χ1v) is 7.13. The molecular weight excluding hydrogens is 302 g/mol. The van der Waals surface area contributed by atoms with Crippen molar-refractivity contribution in [3.63, 3.8) is 0 Å². The van der Waals surface area contributed by atoms with Crippen molar-refractivity contribution in [2.45, 2.75) is 20.3 Å². The van der Waals surface area contributed by atoms with Gasteiger partial charge in [0.15, 0.2) is 6.29 Å². The molecule has 1 aromatic carbocycles. The number of hydrogen-bond acceptors (Lipinski definition) is 4. The summed E-state index contributed by atoms with van der Waals surface area (Å²) in [5, 5.41) is 0.623. The monoisotopic (exact) mass is 317 g/mol. The van der Waals surface area contributed by atoms with Crippen LogP contribution in [0.5, 0.6) is 0 Å². The van der Waals surface area contributed by atoms with Gasteiger partial charge in [-0.15, -0.1) is 0 Å². The quantitative estimate of drug-likeness (QED) is 0.639. The first kappa shape index (κ1) is 16.2. The number of benzene rings is 1. The number of aromatic nitrogens is 1. The van der Waals surface area contributed by atoms with E-state index in [2.05, 4.69) is 4.98 Å². The Morgan fingerprint density at radius 2 is 1.91 bits per heavy atom. The van der Waals surface area contributed by atoms with Gasteiger partial charge in [-0.1, -0.05) is 23.7 Å². The fraction of sp³-hybridized carbons (Fsp3) is 0.235. The second kappa shape index (κ2) is 6.71. The van der Waals surface area contributed by atoms with Gasteiger partial charge in [-0.25, -0.2) is 4.98 Å². The lowest BCUT2D eigenvalue weighted by Gasteiger charge is -2.16. The van der Waals surface area contributed by atoms with E-state index in [4.69, 9.17) is 16.3 Å². The predicted octanol–water partition coefficient (Wildman–Crippen LogP) is 3.55. The van der Waals surface area contributed by atoms with E-state index < -0.39 is 0 Å². The molecule has 0 bridgehead atoms. The van der Waals surface area contributed by atoms with E-state index in [0.717, 1.165) is 28.5 Å². The zero-order valence-corrected chi connectivity index (χ0v) is 13.4. The third-order valence-corrected chi connectivity index (χ3v) is 3.83. The molecule has 0 aliphatic rings. The van der Waals surface area contributed by atoms with Crippen LogP contribution in [0.25, 0.3) is 11.1 Å². The molecule has 0 aliphatic carbocycles. The van der Waals surface area contributed by atoms with E-state index in [1.54, 1.807) is 19.1 Å². The zero-order chi connectivity index (χ0) is 16.3. The molecule has 0 unspecified atom stereocenters. The molecule has 4 nitrogen and oxygen atoms in total. The van der Waals surface area contributed by atoms with Crippen LogP contribution in [-0.2, 0) is 16.0 Å². The summed E-state index contributed by atoms with van der Waals surface area (Å²) in [6.07, 6.45) is 0.830. The van der Waals surface area contributed by atoms with Gasteiger partial charge in [0.1, 0.15) is 5.69 Å². The Kier molecular flexibility index (Phi) is 4.93. The molecule has 0 N–H and O–H groups in total. The highest BCUT2D eigenvalue weighted by atomic mass is 35.5. The Morgan fingerprint density at radius 1 is 1.27 bits per heavy atom. The minimum absolute atomic E-state index is 0.104. The fourth-order valence-electron chi connectivity index (χ4n) is 2.42. The predicted molar refractivity (Wildman–Crippen MR) is 85.3 cm³/mol. The summed E-state index contributed by atoms with van der Waals surface area (Å²) in [5.74, 6) is -0.349. The third-order valence-electron chi connectivity index (χ3n) is 3.58. The number of carbonyl (C=O) groups is 2. The van der Waals surface area contributed by atoms with Crippen molar-refractivity contribution in [2.75, 3.05) is 7.11 Å². The number of methoxy groups -OCH3 is 1. The van der Waals surface area contributed by atoms with E-state index in [9.17, 15) is 9.59 Å². The smallest absolute Gasteiger partial charge is 0.310 e. The van der Waals surface area contributed by atoms with Crippen LogP contribution in [0.4, 0.5) is 0 Å². The van der Waals surface area contributed by atoms with Gasteiger partial charge in [0, 0.05) is 10.7 Å². The molecule has 0 fully saturated rings. The molecule has 0 saturated heterocycles. The molecule has 0 saturated carbocycles. The number of halogens is 1. The number of esters is 1. The second-order valence-electron chi connectivity index (χ2n) is 4.94. The van der Waals surface area contributed by atoms with E-state index in [0.29, 0.717) is 16.4 Å². The van der Waals surface area contributed by atoms with Gasteiger partial charge in [-0.2, -0.15) is 0 Å². The number of ether oxygens (including phenoxy) is 1. The van der Waals surface area contributed by atoms with Gasteiger partial charge < -0.3 is 4.74 Å². The standard InChI is InChI=1S/C17H16ClNO3/c1-10-15(9-20)19-11(2)14(8-16(21)22-3)17(10)12-4-6-13(18)7-5-12/h4-7,9H,8H2,1-3H3. The molecule has 0 amide bonds. The number of carbonyl (C=O) groups excluding carboxylic acids is 2. The lowest BCUT2D eigenvalue weighted by molar-refractivity contribution is -0.139. The largest absolute Gasteiger partial charge is 0.469 e. The van der Waals surface area contributed by atoms with Crippen molar-refractivity contribution >= 4 is 23.9 Å². The van der Waals surface area contributed by atoms with E-state index in [-0.39, 0.29) is 12.4 Å². The Balaban J connectivity index is 2.71. The summed E-state index contributed by atoms with van der Waals surface area (Å²) < 4.78 is 4.76. The molecule has 22 heavy (non-hydrogen) atoms. The van der Waals surface area contributed by atoms with Crippen molar-refractivity contribution < 1.29 is 14.3 Å². The molecule has 1 heterocycles. The Hall–Kier alpha value is -2.20. The molecule has 2 aromatic rings. The summed E-state index contributed by atoms with van der Waals surface area (Å²) >= 11 is 5.93. The normalized spacial score (nSPS) is 10.4. The van der Waals surface area contributed by atoms with Crippen molar-refractivity contribution in [1.29, 1.82) is 0 Å². The topological polar surface area (TPSA) is 56.3 Å². The molecule has 0 spiro atoms. The average Bonchev–Trinajstić information content (AvgIpc) is 2.51. The Morgan fingerprint density at radius 3 is 2.45 bits per heavy atom. The molecule has 0 aliphatic heterocycles. The third kappa shape index (κ3) is 3.17. The van der Waals surface area contributed by atoms with Crippen LogP contribution in [0.1, 0.15) is 27.3 Å². The average molecular weight is 318 g/mol. The number of aldehydes is 1. The number of pyridine rings is 1. The molecule has 5 heteroatoms. The van der Waals surface area contributed by atoms with Crippen molar-refractivity contribution in [2.24, 2.45) is 0 Å². The van der Waals surface area contributed by atoms with Gasteiger partial charge >= 0.3 is 5.97 Å². The van der Waals surface area contributed by atoms with Crippen LogP contribution < -0.4 is 0 Å². The molecule has 114 valence electrons. The van der Waals surface area contributed by atoms with Gasteiger partial charge in [0.05, 0.1) is 13.5 Å². The van der Waals surface area contributed by atoms with Gasteiger partial charge in [-0.05, 0) is 48.2 Å². The SMILES string of the molecule is COC(=O)Cc1c(C)nc(C=O)c(C)c1-c1ccc(Cl)cc1. The highest BCUT2D eigenvalue weighted by Gasteiger charge is 2.18. The van der Waals surface area contributed by atoms with E-state index in [1.165, 1.54) is 7.11 Å². The minimum atomic E-state index is -0.349. The minimum Gasteiger partial charge on any atom is -0.469 e. The van der Waals surface area contributed by atoms with Crippen LogP contribution in [0.3, 0.4) is 0 Å². The Labute approximate surface area is 134 Å². The summed E-state index contributed by atoms with van der Waals surface area (Å²) in [6, 6.07) is 7.27. The first-order valence-electron chi connectivity index (χ1n) is 6.76. The van der Waals surface area contributed by atoms with Gasteiger partial charge in [-0.3, -0.25) is 9.59 Å². The number of aryl methyl sites for hydroxylation is 1. The molecule has 1 aromatic heterocycles. The zero-order valence-electron chi connectivity index (χ0n) is 12.6. The van der Waals surface area contributed by atoms with Crippen molar-refractivity contribution in [1.82, 2.24) is 4.98 Å². The van der Waals surface area contributed by atoms with Crippen LogP contribution in [-0.4, -0.2) is 24.3 Å². The van der Waals surface area contributed by atoms with Gasteiger partial charge in [0.25, 0.3) is 0 Å². The van der Waals surface area contributed by atoms with Crippen LogP contribution in [0.15, 0.2) is 24.3 Å². The Bertz CT molecular complexity index is 724. The summed E-state index contributed by atoms with van der Waals surface area (Å²) in [5.41, 5.74) is 4.23. The van der Waals surface area contributed by atoms with E-state index in [1.807, 2.05) is 19.1 Å². The van der Waals surface area contributed by atoms with Crippen molar-refractivity contribution in [3.8, 4) is 11.1 Å². The van der Waals surface area contributed by atoms with Gasteiger partial charge in [0.2, 0.25) is 0 Å². The summed E-state index contributed by atoms with van der Waals surface area (Å²) in [4.78, 5) is 27.2. The van der Waals surface area contributed by atoms with Crippen LogP contribution in [0.2, 0.25) is 5.02 Å². The molecular formula is C17H16ClNO3. The maximum absolute atomic E-state index is 11.7. The number of nitrogens with zero attached hydrogens (tertiary/aromatic N) is 1. The first-order chi connectivity index (χ1) is 10.5. The lowest BCUT2D eigenvalue weighted by atomic mass is 9.92. The summed E-state index contributed by atoms with van der Waals surface area (Å²) in [6.45, 7) is 3.60. The fourth-order valence-corrected chi connectivity index (χ4v) is 2.55. The van der Waals surface area contributed by atoms with Crippen molar-refractivity contribution in [3.05, 3.63) is 51.8 Å². The summed E-state index contributed by atoms with van der Waals surface area (Å²) in [7, 11) is 1.35. The highest BCUT2D eigenvalue weighted by Crippen LogP contribution is 2.31. The molecule has 0 atom stereocenters. The molecule has 0 radical (unpaired) electrons. The number of hydrogen-bond donors (Lipinski definition) is 0. The maximum atomic E-state index is 11.7. The highest BCUT2D eigenvalue weighted by molar-refractivity contribution is 6.30. The second-order valence-corrected chi connectivity index (χ2v) is 5.38. The van der Waals surface area contributed by atoms with E-state index >= 15 is 0 Å². The lowest BCUT2D eigenvalue weighted by Crippen LogP contribution is -2.11. The molecule has 2 rings (SSSR count).